The van der Waals surface area contributed by atoms with Gasteiger partial charge in [0, 0.05) is 25.3 Å². The van der Waals surface area contributed by atoms with Crippen LogP contribution in [0.25, 0.3) is 11.0 Å². The number of imidazole rings is 1. The van der Waals surface area contributed by atoms with Crippen LogP contribution in [0.1, 0.15) is 19.8 Å². The van der Waals surface area contributed by atoms with E-state index in [2.05, 4.69) is 11.9 Å². The summed E-state index contributed by atoms with van der Waals surface area (Å²) in [5.74, 6) is 1.38. The first kappa shape index (κ1) is 15.9. The van der Waals surface area contributed by atoms with Gasteiger partial charge >= 0.3 is 0 Å². The number of aromatic nitrogens is 2. The largest absolute Gasteiger partial charge is 0.493 e. The topological polar surface area (TPSA) is 48.4 Å². The van der Waals surface area contributed by atoms with Crippen molar-refractivity contribution in [1.82, 2.24) is 9.55 Å². The third-order valence-electron chi connectivity index (χ3n) is 3.38. The molecule has 2 aromatic rings. The first-order valence-corrected chi connectivity index (χ1v) is 7.54. The molecule has 0 amide bonds. The molecule has 0 unspecified atom stereocenters. The summed E-state index contributed by atoms with van der Waals surface area (Å²) >= 11 is 5.38. The fourth-order valence-corrected chi connectivity index (χ4v) is 2.51. The van der Waals surface area contributed by atoms with Crippen molar-refractivity contribution in [3.8, 4) is 11.5 Å². The van der Waals surface area contributed by atoms with E-state index >= 15 is 0 Å². The number of H-pyrrole nitrogens is 1. The van der Waals surface area contributed by atoms with Gasteiger partial charge in [0.2, 0.25) is 0 Å². The quantitative estimate of drug-likeness (QED) is 0.598. The smallest absolute Gasteiger partial charge is 0.178 e. The van der Waals surface area contributed by atoms with Crippen molar-refractivity contribution in [2.24, 2.45) is 0 Å². The maximum atomic E-state index is 5.62. The summed E-state index contributed by atoms with van der Waals surface area (Å²) in [4.78, 5) is 3.19. The molecule has 1 aromatic heterocycles. The molecule has 2 rings (SSSR count). The van der Waals surface area contributed by atoms with Crippen LogP contribution in [0.3, 0.4) is 0 Å². The molecule has 0 aliphatic rings. The molecule has 6 heteroatoms. The van der Waals surface area contributed by atoms with E-state index in [0.29, 0.717) is 22.9 Å². The third-order valence-corrected chi connectivity index (χ3v) is 3.70. The second kappa shape index (κ2) is 7.47. The Kier molecular flexibility index (Phi) is 5.64. The minimum atomic E-state index is 0.648. The zero-order valence-electron chi connectivity index (χ0n) is 12.8. The van der Waals surface area contributed by atoms with E-state index in [1.54, 1.807) is 14.2 Å². The number of unbranched alkanes of at least 4 members (excludes halogenated alkanes) is 1. The molecule has 0 aliphatic carbocycles. The maximum absolute atomic E-state index is 5.62. The lowest BCUT2D eigenvalue weighted by Crippen LogP contribution is -2.07. The Morgan fingerprint density at radius 1 is 1.14 bits per heavy atom. The zero-order chi connectivity index (χ0) is 15.2. The molecule has 0 radical (unpaired) electrons. The Bertz CT molecular complexity index is 648. The molecule has 0 fully saturated rings. The lowest BCUT2D eigenvalue weighted by Gasteiger charge is -2.09. The van der Waals surface area contributed by atoms with Crippen molar-refractivity contribution in [3.05, 3.63) is 16.9 Å². The third kappa shape index (κ3) is 3.57. The van der Waals surface area contributed by atoms with Crippen LogP contribution in [-0.4, -0.2) is 37.0 Å². The van der Waals surface area contributed by atoms with Gasteiger partial charge in [-0.05, 0) is 18.6 Å². The number of aromatic amines is 1. The summed E-state index contributed by atoms with van der Waals surface area (Å²) in [7, 11) is 3.25. The summed E-state index contributed by atoms with van der Waals surface area (Å²) in [5, 5.41) is 0. The van der Waals surface area contributed by atoms with Gasteiger partial charge in [-0.3, -0.25) is 0 Å². The van der Waals surface area contributed by atoms with Crippen LogP contribution in [0.15, 0.2) is 12.1 Å². The number of nitrogens with one attached hydrogen (secondary N) is 1. The van der Waals surface area contributed by atoms with Crippen LogP contribution in [-0.2, 0) is 11.3 Å². The predicted molar refractivity (Wildman–Crippen MR) is 86.0 cm³/mol. The molecule has 21 heavy (non-hydrogen) atoms. The maximum Gasteiger partial charge on any atom is 0.178 e. The Balaban J connectivity index is 2.23. The molecule has 0 spiro atoms. The molecule has 0 aliphatic heterocycles. The van der Waals surface area contributed by atoms with Gasteiger partial charge in [-0.2, -0.15) is 0 Å². The van der Waals surface area contributed by atoms with Gasteiger partial charge in [0.25, 0.3) is 0 Å². The van der Waals surface area contributed by atoms with Crippen LogP contribution in [0.2, 0.25) is 0 Å². The minimum absolute atomic E-state index is 0.648. The molecular weight excluding hydrogens is 288 g/mol. The van der Waals surface area contributed by atoms with Crippen molar-refractivity contribution in [1.29, 1.82) is 0 Å². The second-order valence-electron chi connectivity index (χ2n) is 4.77. The number of methoxy groups -OCH3 is 2. The van der Waals surface area contributed by atoms with Gasteiger partial charge in [-0.25, -0.2) is 0 Å². The van der Waals surface area contributed by atoms with Gasteiger partial charge < -0.3 is 23.8 Å². The number of benzene rings is 1. The first-order chi connectivity index (χ1) is 10.2. The zero-order valence-corrected chi connectivity index (χ0v) is 13.6. The van der Waals surface area contributed by atoms with Crippen LogP contribution in [0.5, 0.6) is 11.5 Å². The van der Waals surface area contributed by atoms with Crippen molar-refractivity contribution in [2.75, 3.05) is 27.4 Å². The van der Waals surface area contributed by atoms with Gasteiger partial charge in [0.15, 0.2) is 16.3 Å². The molecule has 0 bridgehead atoms. The fourth-order valence-electron chi connectivity index (χ4n) is 2.21. The second-order valence-corrected chi connectivity index (χ2v) is 5.16. The molecule has 0 saturated carbocycles. The highest BCUT2D eigenvalue weighted by Gasteiger charge is 2.11. The highest BCUT2D eigenvalue weighted by Crippen LogP contribution is 2.31. The molecular formula is C15H22N2O3S. The Labute approximate surface area is 129 Å². The van der Waals surface area contributed by atoms with E-state index in [4.69, 9.17) is 26.4 Å². The van der Waals surface area contributed by atoms with Gasteiger partial charge in [0.1, 0.15) is 0 Å². The first-order valence-electron chi connectivity index (χ1n) is 7.13. The highest BCUT2D eigenvalue weighted by molar-refractivity contribution is 7.71. The van der Waals surface area contributed by atoms with Crippen molar-refractivity contribution in [2.45, 2.75) is 26.3 Å². The lowest BCUT2D eigenvalue weighted by atomic mass is 10.2. The van der Waals surface area contributed by atoms with E-state index in [0.717, 1.165) is 37.0 Å². The highest BCUT2D eigenvalue weighted by atomic mass is 32.1. The molecule has 1 N–H and O–H groups in total. The average Bonchev–Trinajstić information content (AvgIpc) is 2.80. The van der Waals surface area contributed by atoms with Gasteiger partial charge in [-0.15, -0.1) is 0 Å². The summed E-state index contributed by atoms with van der Waals surface area (Å²) in [6.45, 7) is 4.32. The van der Waals surface area contributed by atoms with E-state index in [1.807, 2.05) is 16.7 Å². The number of ether oxygens (including phenoxy) is 3. The number of hydrogen-bond donors (Lipinski definition) is 1. The molecule has 5 nitrogen and oxygen atoms in total. The normalized spacial score (nSPS) is 11.0. The van der Waals surface area contributed by atoms with Gasteiger partial charge in [-0.1, -0.05) is 13.3 Å². The Hall–Kier alpha value is -1.53. The van der Waals surface area contributed by atoms with E-state index in [9.17, 15) is 0 Å². The summed E-state index contributed by atoms with van der Waals surface area (Å²) < 4.78 is 19.0. The van der Waals surface area contributed by atoms with E-state index in [1.165, 1.54) is 0 Å². The minimum Gasteiger partial charge on any atom is -0.493 e. The number of nitrogens with zero attached hydrogens (tertiary/aromatic N) is 1. The molecule has 1 heterocycles. The number of rotatable bonds is 8. The fraction of sp³-hybridized carbons (Fsp3) is 0.533. The summed E-state index contributed by atoms with van der Waals surface area (Å²) in [6.07, 6.45) is 2.23. The molecule has 0 saturated heterocycles. The van der Waals surface area contributed by atoms with Crippen molar-refractivity contribution in [3.63, 3.8) is 0 Å². The number of hydrogen-bond acceptors (Lipinski definition) is 4. The molecule has 0 atom stereocenters. The lowest BCUT2D eigenvalue weighted by molar-refractivity contribution is 0.124. The predicted octanol–water partition coefficient (Wildman–Crippen LogP) is 3.53. The molecule has 116 valence electrons. The standard InChI is InChI=1S/C15H22N2O3S/c1-4-5-7-20-8-6-17-12-10-14(19-3)13(18-2)9-11(12)16-15(17)21/h9-10H,4-8H2,1-3H3,(H,16,21). The summed E-state index contributed by atoms with van der Waals surface area (Å²) in [6, 6.07) is 3.84. The van der Waals surface area contributed by atoms with Crippen LogP contribution in [0, 0.1) is 4.77 Å². The van der Waals surface area contributed by atoms with Crippen LogP contribution < -0.4 is 9.47 Å². The van der Waals surface area contributed by atoms with Crippen LogP contribution >= 0.6 is 12.2 Å². The SMILES string of the molecule is CCCCOCCn1c(=S)[nH]c2cc(OC)c(OC)cc21. The average molecular weight is 310 g/mol. The van der Waals surface area contributed by atoms with Crippen molar-refractivity contribution >= 4 is 23.3 Å². The van der Waals surface area contributed by atoms with Gasteiger partial charge in [0.05, 0.1) is 31.9 Å². The van der Waals surface area contributed by atoms with E-state index in [-0.39, 0.29) is 0 Å². The Morgan fingerprint density at radius 3 is 2.52 bits per heavy atom. The monoisotopic (exact) mass is 310 g/mol. The summed E-state index contributed by atoms with van der Waals surface area (Å²) in [5.41, 5.74) is 1.93. The molecule has 1 aromatic carbocycles. The van der Waals surface area contributed by atoms with Crippen LogP contribution in [0.4, 0.5) is 0 Å². The van der Waals surface area contributed by atoms with Crippen molar-refractivity contribution < 1.29 is 14.2 Å². The Morgan fingerprint density at radius 2 is 1.86 bits per heavy atom. The van der Waals surface area contributed by atoms with E-state index < -0.39 is 0 Å². The number of fused-ring (bicyclic) bond motifs is 1.